The zero-order valence-electron chi connectivity index (χ0n) is 12.5. The first kappa shape index (κ1) is 17.9. The van der Waals surface area contributed by atoms with Crippen molar-refractivity contribution in [1.82, 2.24) is 10.6 Å². The van der Waals surface area contributed by atoms with E-state index in [0.29, 0.717) is 35.1 Å². The van der Waals surface area contributed by atoms with Crippen molar-refractivity contribution < 1.29 is 19.8 Å². The van der Waals surface area contributed by atoms with Gasteiger partial charge in [0, 0.05) is 23.6 Å². The molecule has 6 nitrogen and oxygen atoms in total. The van der Waals surface area contributed by atoms with Gasteiger partial charge in [-0.05, 0) is 25.7 Å². The lowest BCUT2D eigenvalue weighted by Crippen LogP contribution is -2.33. The Morgan fingerprint density at radius 3 is 1.55 bits per heavy atom. The van der Waals surface area contributed by atoms with E-state index in [0.717, 1.165) is 25.7 Å². The van der Waals surface area contributed by atoms with Gasteiger partial charge in [-0.15, -0.1) is 23.5 Å². The number of carbonyl (C=O) groups excluding carboxylic acids is 2. The van der Waals surface area contributed by atoms with E-state index >= 15 is 0 Å². The largest absolute Gasteiger partial charge is 0.390 e. The van der Waals surface area contributed by atoms with Crippen molar-refractivity contribution in [3.8, 4) is 0 Å². The van der Waals surface area contributed by atoms with E-state index in [9.17, 15) is 19.8 Å². The van der Waals surface area contributed by atoms with Gasteiger partial charge < -0.3 is 20.8 Å². The number of amides is 2. The molecule has 8 heteroatoms. The van der Waals surface area contributed by atoms with Crippen LogP contribution in [0.1, 0.15) is 25.7 Å². The molecule has 2 atom stereocenters. The second kappa shape index (κ2) is 9.00. The summed E-state index contributed by atoms with van der Waals surface area (Å²) in [5, 5.41) is 25.4. The van der Waals surface area contributed by atoms with Crippen LogP contribution in [0.4, 0.5) is 0 Å². The molecule has 2 amide bonds. The molecule has 0 aliphatic heterocycles. The first-order valence-electron chi connectivity index (χ1n) is 7.65. The van der Waals surface area contributed by atoms with E-state index in [1.807, 2.05) is 0 Å². The third kappa shape index (κ3) is 7.71. The first-order valence-corrected chi connectivity index (χ1v) is 9.96. The fourth-order valence-corrected chi connectivity index (χ4v) is 3.46. The van der Waals surface area contributed by atoms with Gasteiger partial charge in [0.05, 0.1) is 23.7 Å². The standard InChI is InChI=1S/C14H24N2O4S2/c17-11(5-21-7-13(19)15-9-1-2-9)12(18)6-22-8-14(20)16-10-3-4-10/h9-12,17-18H,1-8H2,(H,15,19)(H,16,20)/t11-,12+. The van der Waals surface area contributed by atoms with Crippen LogP contribution in [0.3, 0.4) is 0 Å². The molecule has 4 N–H and O–H groups in total. The molecule has 2 aliphatic carbocycles. The summed E-state index contributed by atoms with van der Waals surface area (Å²) in [4.78, 5) is 22.9. The zero-order valence-corrected chi connectivity index (χ0v) is 14.1. The number of hydrogen-bond donors (Lipinski definition) is 4. The third-order valence-electron chi connectivity index (χ3n) is 3.37. The lowest BCUT2D eigenvalue weighted by molar-refractivity contribution is -0.119. The summed E-state index contributed by atoms with van der Waals surface area (Å²) in [6.07, 6.45) is 2.48. The zero-order chi connectivity index (χ0) is 15.9. The molecule has 2 rings (SSSR count). The number of aliphatic hydroxyl groups is 2. The summed E-state index contributed by atoms with van der Waals surface area (Å²) < 4.78 is 0. The number of nitrogens with one attached hydrogen (secondary N) is 2. The summed E-state index contributed by atoms with van der Waals surface area (Å²) in [6.45, 7) is 0. The van der Waals surface area contributed by atoms with Gasteiger partial charge in [-0.1, -0.05) is 0 Å². The number of aliphatic hydroxyl groups excluding tert-OH is 2. The van der Waals surface area contributed by atoms with Crippen molar-refractivity contribution >= 4 is 35.3 Å². The van der Waals surface area contributed by atoms with E-state index in [1.54, 1.807) is 0 Å². The highest BCUT2D eigenvalue weighted by molar-refractivity contribution is 8.00. The Morgan fingerprint density at radius 1 is 0.864 bits per heavy atom. The number of carbonyl (C=O) groups is 2. The van der Waals surface area contributed by atoms with E-state index in [4.69, 9.17) is 0 Å². The average molecular weight is 348 g/mol. The van der Waals surface area contributed by atoms with Gasteiger partial charge in [0.25, 0.3) is 0 Å². The minimum atomic E-state index is -0.877. The van der Waals surface area contributed by atoms with Crippen molar-refractivity contribution in [3.63, 3.8) is 0 Å². The van der Waals surface area contributed by atoms with Crippen molar-refractivity contribution in [3.05, 3.63) is 0 Å². The lowest BCUT2D eigenvalue weighted by atomic mass is 10.3. The predicted octanol–water partition coefficient (Wildman–Crippen LogP) is -0.268. The molecule has 0 aromatic carbocycles. The van der Waals surface area contributed by atoms with Crippen LogP contribution < -0.4 is 10.6 Å². The molecule has 0 aromatic heterocycles. The maximum absolute atomic E-state index is 11.5. The molecule has 0 radical (unpaired) electrons. The van der Waals surface area contributed by atoms with Crippen LogP contribution in [0.15, 0.2) is 0 Å². The van der Waals surface area contributed by atoms with Gasteiger partial charge >= 0.3 is 0 Å². The Bertz CT molecular complexity index is 353. The lowest BCUT2D eigenvalue weighted by Gasteiger charge is -2.17. The number of thioether (sulfide) groups is 2. The Hall–Kier alpha value is -0.440. The van der Waals surface area contributed by atoms with Crippen LogP contribution >= 0.6 is 23.5 Å². The van der Waals surface area contributed by atoms with Crippen molar-refractivity contribution in [1.29, 1.82) is 0 Å². The van der Waals surface area contributed by atoms with Gasteiger partial charge in [-0.25, -0.2) is 0 Å². The maximum atomic E-state index is 11.5. The summed E-state index contributed by atoms with van der Waals surface area (Å²) in [6, 6.07) is 0.698. The summed E-state index contributed by atoms with van der Waals surface area (Å²) in [5.41, 5.74) is 0. The maximum Gasteiger partial charge on any atom is 0.230 e. The van der Waals surface area contributed by atoms with E-state index in [2.05, 4.69) is 10.6 Å². The fraction of sp³-hybridized carbons (Fsp3) is 0.857. The minimum absolute atomic E-state index is 0.0136. The third-order valence-corrected chi connectivity index (χ3v) is 5.46. The molecule has 0 saturated heterocycles. The van der Waals surface area contributed by atoms with E-state index in [-0.39, 0.29) is 11.8 Å². The number of hydrogen-bond acceptors (Lipinski definition) is 6. The minimum Gasteiger partial charge on any atom is -0.390 e. The molecule has 2 saturated carbocycles. The molecule has 0 unspecified atom stereocenters. The van der Waals surface area contributed by atoms with Crippen LogP contribution in [0.25, 0.3) is 0 Å². The quantitative estimate of drug-likeness (QED) is 0.410. The average Bonchev–Trinajstić information content (AvgIpc) is 3.35. The molecule has 2 aliphatic rings. The van der Waals surface area contributed by atoms with E-state index < -0.39 is 12.2 Å². The highest BCUT2D eigenvalue weighted by Crippen LogP contribution is 2.19. The van der Waals surface area contributed by atoms with Gasteiger partial charge in [0.1, 0.15) is 0 Å². The Balaban J connectivity index is 1.47. The van der Waals surface area contributed by atoms with E-state index in [1.165, 1.54) is 23.5 Å². The van der Waals surface area contributed by atoms with Crippen LogP contribution in [0.2, 0.25) is 0 Å². The SMILES string of the molecule is O=C(CSC[C@@H](O)[C@@H](O)CSCC(=O)NC1CC1)NC1CC1. The first-order chi connectivity index (χ1) is 10.5. The Kier molecular flexibility index (Phi) is 7.33. The van der Waals surface area contributed by atoms with Crippen LogP contribution in [-0.2, 0) is 9.59 Å². The Morgan fingerprint density at radius 2 is 1.23 bits per heavy atom. The summed E-state index contributed by atoms with van der Waals surface area (Å²) in [5.74, 6) is 1.21. The molecule has 126 valence electrons. The molecule has 22 heavy (non-hydrogen) atoms. The van der Waals surface area contributed by atoms with Crippen molar-refractivity contribution in [2.75, 3.05) is 23.0 Å². The van der Waals surface area contributed by atoms with Crippen LogP contribution in [0.5, 0.6) is 0 Å². The molecular weight excluding hydrogens is 324 g/mol. The topological polar surface area (TPSA) is 98.7 Å². The van der Waals surface area contributed by atoms with Crippen LogP contribution in [-0.4, -0.2) is 69.3 Å². The van der Waals surface area contributed by atoms with Crippen LogP contribution in [0, 0.1) is 0 Å². The van der Waals surface area contributed by atoms with Gasteiger partial charge in [0.15, 0.2) is 0 Å². The van der Waals surface area contributed by atoms with Gasteiger partial charge in [-0.2, -0.15) is 0 Å². The molecule has 0 aromatic rings. The smallest absolute Gasteiger partial charge is 0.230 e. The molecule has 0 spiro atoms. The second-order valence-electron chi connectivity index (χ2n) is 5.85. The molecule has 0 bridgehead atoms. The van der Waals surface area contributed by atoms with Gasteiger partial charge in [0.2, 0.25) is 11.8 Å². The predicted molar refractivity (Wildman–Crippen MR) is 89.0 cm³/mol. The van der Waals surface area contributed by atoms with Gasteiger partial charge in [-0.3, -0.25) is 9.59 Å². The highest BCUT2D eigenvalue weighted by atomic mass is 32.2. The second-order valence-corrected chi connectivity index (χ2v) is 7.91. The molecular formula is C14H24N2O4S2. The number of rotatable bonds is 11. The monoisotopic (exact) mass is 348 g/mol. The highest BCUT2D eigenvalue weighted by Gasteiger charge is 2.24. The summed E-state index contributed by atoms with van der Waals surface area (Å²) >= 11 is 2.63. The Labute approximate surface area is 139 Å². The molecule has 0 heterocycles. The fourth-order valence-electron chi connectivity index (χ4n) is 1.76. The summed E-state index contributed by atoms with van der Waals surface area (Å²) in [7, 11) is 0. The van der Waals surface area contributed by atoms with Crippen molar-refractivity contribution in [2.45, 2.75) is 50.0 Å². The van der Waals surface area contributed by atoms with Crippen molar-refractivity contribution in [2.24, 2.45) is 0 Å². The molecule has 2 fully saturated rings. The normalized spacial score (nSPS) is 20.3.